The number of hydrogen-bond acceptors (Lipinski definition) is 6. The maximum Gasteiger partial charge on any atom is 0.311 e. The Morgan fingerprint density at radius 3 is 2.95 bits per heavy atom. The maximum absolute atomic E-state index is 11.6. The number of rotatable bonds is 6. The average molecular weight is 319 g/mol. The minimum Gasteiger partial charge on any atom is -0.490 e. The number of hydrogen-bond donors (Lipinski definition) is 1. The summed E-state index contributed by atoms with van der Waals surface area (Å²) in [6, 6.07) is 8.15. The first-order chi connectivity index (χ1) is 10.6. The largest absolute Gasteiger partial charge is 0.490 e. The molecule has 0 saturated heterocycles. The Bertz CT molecular complexity index is 698. The summed E-state index contributed by atoms with van der Waals surface area (Å²) in [7, 11) is 1.36. The number of carbonyl (C=O) groups is 1. The van der Waals surface area contributed by atoms with Crippen LogP contribution in [0.4, 0.5) is 5.69 Å². The summed E-state index contributed by atoms with van der Waals surface area (Å²) in [5, 5.41) is 16.6. The third-order valence-corrected chi connectivity index (χ3v) is 3.59. The first-order valence-electron chi connectivity index (χ1n) is 6.27. The molecular weight excluding hydrogens is 306 g/mol. The van der Waals surface area contributed by atoms with Gasteiger partial charge in [-0.1, -0.05) is 6.07 Å². The molecule has 0 atom stereocenters. The van der Waals surface area contributed by atoms with Gasteiger partial charge in [-0.2, -0.15) is 5.10 Å². The zero-order chi connectivity index (χ0) is 15.9. The van der Waals surface area contributed by atoms with Gasteiger partial charge < -0.3 is 4.74 Å². The van der Waals surface area contributed by atoms with Crippen molar-refractivity contribution in [1.82, 2.24) is 5.43 Å². The van der Waals surface area contributed by atoms with E-state index in [1.165, 1.54) is 36.8 Å². The number of ether oxygens (including phenoxy) is 1. The molecule has 0 unspecified atom stereocenters. The van der Waals surface area contributed by atoms with E-state index in [0.29, 0.717) is 5.56 Å². The van der Waals surface area contributed by atoms with Gasteiger partial charge >= 0.3 is 5.69 Å². The SMILES string of the molecule is COc1ccc(/C=N\NC(=O)Cc2cccs2)cc1[N+](=O)[O-]. The molecule has 1 amide bonds. The highest BCUT2D eigenvalue weighted by molar-refractivity contribution is 7.10. The lowest BCUT2D eigenvalue weighted by molar-refractivity contribution is -0.385. The van der Waals surface area contributed by atoms with Crippen LogP contribution in [0.3, 0.4) is 0 Å². The van der Waals surface area contributed by atoms with Crippen LogP contribution in [-0.2, 0) is 11.2 Å². The number of amides is 1. The molecule has 0 spiro atoms. The molecule has 0 saturated carbocycles. The first-order valence-corrected chi connectivity index (χ1v) is 7.15. The number of nitrogens with one attached hydrogen (secondary N) is 1. The van der Waals surface area contributed by atoms with E-state index in [2.05, 4.69) is 10.5 Å². The summed E-state index contributed by atoms with van der Waals surface area (Å²) >= 11 is 1.49. The van der Waals surface area contributed by atoms with Crippen molar-refractivity contribution in [3.8, 4) is 5.75 Å². The average Bonchev–Trinajstić information content (AvgIpc) is 2.99. The van der Waals surface area contributed by atoms with E-state index in [9.17, 15) is 14.9 Å². The molecule has 8 heteroatoms. The molecule has 0 fully saturated rings. The topological polar surface area (TPSA) is 93.8 Å². The van der Waals surface area contributed by atoms with Crippen molar-refractivity contribution < 1.29 is 14.5 Å². The first kappa shape index (κ1) is 15.6. The highest BCUT2D eigenvalue weighted by atomic mass is 32.1. The van der Waals surface area contributed by atoms with Gasteiger partial charge in [0.15, 0.2) is 5.75 Å². The highest BCUT2D eigenvalue weighted by Crippen LogP contribution is 2.26. The fourth-order valence-electron chi connectivity index (χ4n) is 1.72. The van der Waals surface area contributed by atoms with Crippen LogP contribution in [0, 0.1) is 10.1 Å². The van der Waals surface area contributed by atoms with Crippen molar-refractivity contribution in [2.24, 2.45) is 5.10 Å². The molecule has 0 aliphatic rings. The summed E-state index contributed by atoms with van der Waals surface area (Å²) in [5.41, 5.74) is 2.72. The van der Waals surface area contributed by atoms with Gasteiger partial charge in [0.2, 0.25) is 5.91 Å². The minimum absolute atomic E-state index is 0.156. The van der Waals surface area contributed by atoms with Crippen molar-refractivity contribution in [2.75, 3.05) is 7.11 Å². The normalized spacial score (nSPS) is 10.6. The van der Waals surface area contributed by atoms with E-state index in [4.69, 9.17) is 4.74 Å². The lowest BCUT2D eigenvalue weighted by Crippen LogP contribution is -2.19. The van der Waals surface area contributed by atoms with Crippen LogP contribution in [0.15, 0.2) is 40.8 Å². The Hall–Kier alpha value is -2.74. The van der Waals surface area contributed by atoms with Gasteiger partial charge in [-0.3, -0.25) is 14.9 Å². The Balaban J connectivity index is 1.99. The second-order valence-electron chi connectivity index (χ2n) is 4.24. The molecule has 0 radical (unpaired) electrons. The second kappa shape index (κ2) is 7.32. The number of hydrazone groups is 1. The van der Waals surface area contributed by atoms with Crippen molar-refractivity contribution in [2.45, 2.75) is 6.42 Å². The molecule has 1 heterocycles. The number of methoxy groups -OCH3 is 1. The summed E-state index contributed by atoms with van der Waals surface area (Å²) in [6.45, 7) is 0. The van der Waals surface area contributed by atoms with Crippen LogP contribution in [0.1, 0.15) is 10.4 Å². The molecule has 1 aromatic carbocycles. The molecule has 0 aliphatic heterocycles. The van der Waals surface area contributed by atoms with Crippen molar-refractivity contribution in [1.29, 1.82) is 0 Å². The number of nitro benzene ring substituents is 1. The van der Waals surface area contributed by atoms with Crippen molar-refractivity contribution in [3.63, 3.8) is 0 Å². The molecule has 114 valence electrons. The molecule has 7 nitrogen and oxygen atoms in total. The monoisotopic (exact) mass is 319 g/mol. The molecule has 1 N–H and O–H groups in total. The summed E-state index contributed by atoms with van der Waals surface area (Å²) in [4.78, 5) is 22.9. The molecular formula is C14H13N3O4S. The molecule has 2 rings (SSSR count). The van der Waals surface area contributed by atoms with E-state index in [0.717, 1.165) is 4.88 Å². The third-order valence-electron chi connectivity index (χ3n) is 2.72. The van der Waals surface area contributed by atoms with Crippen LogP contribution < -0.4 is 10.2 Å². The number of thiophene rings is 1. The molecule has 22 heavy (non-hydrogen) atoms. The number of benzene rings is 1. The van der Waals surface area contributed by atoms with E-state index in [1.54, 1.807) is 6.07 Å². The standard InChI is InChI=1S/C14H13N3O4S/c1-21-13-5-4-10(7-12(13)17(19)20)9-15-16-14(18)8-11-3-2-6-22-11/h2-7,9H,8H2,1H3,(H,16,18)/b15-9-. The van der Waals surface area contributed by atoms with E-state index >= 15 is 0 Å². The summed E-state index contributed by atoms with van der Waals surface area (Å²) < 4.78 is 4.91. The fraction of sp³-hybridized carbons (Fsp3) is 0.143. The van der Waals surface area contributed by atoms with E-state index in [1.807, 2.05) is 17.5 Å². The third kappa shape index (κ3) is 4.13. The van der Waals surface area contributed by atoms with Crippen LogP contribution >= 0.6 is 11.3 Å². The predicted molar refractivity (Wildman–Crippen MR) is 83.4 cm³/mol. The Morgan fingerprint density at radius 1 is 1.50 bits per heavy atom. The smallest absolute Gasteiger partial charge is 0.311 e. The van der Waals surface area contributed by atoms with Crippen LogP contribution in [0.5, 0.6) is 5.75 Å². The summed E-state index contributed by atoms with van der Waals surface area (Å²) in [5.74, 6) is -0.0782. The van der Waals surface area contributed by atoms with Gasteiger partial charge in [-0.05, 0) is 23.6 Å². The molecule has 2 aromatic rings. The minimum atomic E-state index is -0.536. The predicted octanol–water partition coefficient (Wildman–Crippen LogP) is 2.36. The van der Waals surface area contributed by atoms with Crippen LogP contribution in [0.2, 0.25) is 0 Å². The summed E-state index contributed by atoms with van der Waals surface area (Å²) in [6.07, 6.45) is 1.59. The zero-order valence-electron chi connectivity index (χ0n) is 11.7. The lowest BCUT2D eigenvalue weighted by Gasteiger charge is -2.02. The van der Waals surface area contributed by atoms with Gasteiger partial charge in [-0.15, -0.1) is 11.3 Å². The number of nitrogens with zero attached hydrogens (tertiary/aromatic N) is 2. The molecule has 0 aliphatic carbocycles. The van der Waals surface area contributed by atoms with Crippen molar-refractivity contribution in [3.05, 3.63) is 56.3 Å². The quantitative estimate of drug-likeness (QED) is 0.502. The molecule has 1 aromatic heterocycles. The van der Waals surface area contributed by atoms with Crippen molar-refractivity contribution >= 4 is 29.1 Å². The highest BCUT2D eigenvalue weighted by Gasteiger charge is 2.14. The van der Waals surface area contributed by atoms with Crippen LogP contribution in [-0.4, -0.2) is 24.2 Å². The Morgan fingerprint density at radius 2 is 2.32 bits per heavy atom. The number of carbonyl (C=O) groups excluding carboxylic acids is 1. The van der Waals surface area contributed by atoms with Gasteiger partial charge in [0, 0.05) is 16.5 Å². The van der Waals surface area contributed by atoms with Crippen LogP contribution in [0.25, 0.3) is 0 Å². The van der Waals surface area contributed by atoms with E-state index in [-0.39, 0.29) is 23.8 Å². The van der Waals surface area contributed by atoms with Gasteiger partial charge in [0.25, 0.3) is 0 Å². The maximum atomic E-state index is 11.6. The van der Waals surface area contributed by atoms with Gasteiger partial charge in [0.1, 0.15) is 0 Å². The second-order valence-corrected chi connectivity index (χ2v) is 5.27. The van der Waals surface area contributed by atoms with Gasteiger partial charge in [0.05, 0.1) is 24.7 Å². The lowest BCUT2D eigenvalue weighted by atomic mass is 10.2. The zero-order valence-corrected chi connectivity index (χ0v) is 12.5. The Labute approximate surface area is 130 Å². The van der Waals surface area contributed by atoms with E-state index < -0.39 is 4.92 Å². The number of nitro groups is 1. The molecule has 0 bridgehead atoms. The van der Waals surface area contributed by atoms with Gasteiger partial charge in [-0.25, -0.2) is 5.43 Å². The fourth-order valence-corrected chi connectivity index (χ4v) is 2.42. The Kier molecular flexibility index (Phi) is 5.21.